The van der Waals surface area contributed by atoms with Crippen molar-refractivity contribution < 1.29 is 28.2 Å². The van der Waals surface area contributed by atoms with Gasteiger partial charge in [0.1, 0.15) is 0 Å². The van der Waals surface area contributed by atoms with Crippen LogP contribution in [0.15, 0.2) is 52.4 Å². The molecule has 2 saturated heterocycles. The highest BCUT2D eigenvalue weighted by Gasteiger charge is 2.75. The molecule has 3 fully saturated rings. The second-order valence-electron chi connectivity index (χ2n) is 11.0. The van der Waals surface area contributed by atoms with E-state index >= 15 is 0 Å². The van der Waals surface area contributed by atoms with E-state index in [1.807, 2.05) is 19.1 Å². The number of hydrogen-bond donors (Lipinski definition) is 0. The summed E-state index contributed by atoms with van der Waals surface area (Å²) in [5.74, 6) is -0.580. The summed E-state index contributed by atoms with van der Waals surface area (Å²) < 4.78 is 23.7. The van der Waals surface area contributed by atoms with Crippen molar-refractivity contribution in [3.05, 3.63) is 53.5 Å². The Bertz CT molecular complexity index is 1140. The molecule has 5 aliphatic rings. The molecule has 3 aliphatic carbocycles. The van der Waals surface area contributed by atoms with Crippen molar-refractivity contribution in [2.45, 2.75) is 52.4 Å². The van der Waals surface area contributed by atoms with Crippen LogP contribution in [0.4, 0.5) is 0 Å². The van der Waals surface area contributed by atoms with Gasteiger partial charge in [-0.2, -0.15) is 0 Å². The normalized spacial score (nSPS) is 45.1. The van der Waals surface area contributed by atoms with Crippen LogP contribution in [0.1, 0.15) is 39.7 Å². The van der Waals surface area contributed by atoms with Gasteiger partial charge in [-0.05, 0) is 47.8 Å². The maximum Gasteiger partial charge on any atom is 0.305 e. The van der Waals surface area contributed by atoms with Gasteiger partial charge in [0.25, 0.3) is 0 Å². The number of ether oxygens (including phenoxy) is 3. The number of allylic oxidation sites excluding steroid dienone is 3. The molecule has 8 atom stereocenters. The van der Waals surface area contributed by atoms with E-state index in [1.54, 1.807) is 18.6 Å². The quantitative estimate of drug-likeness (QED) is 0.645. The molecule has 0 spiro atoms. The van der Waals surface area contributed by atoms with Gasteiger partial charge in [-0.1, -0.05) is 26.8 Å². The third-order valence-electron chi connectivity index (χ3n) is 9.47. The zero-order chi connectivity index (χ0) is 23.3. The first kappa shape index (κ1) is 21.1. The maximum atomic E-state index is 13.7. The highest BCUT2D eigenvalue weighted by molar-refractivity contribution is 5.97. The number of carbonyl (C=O) groups excluding carboxylic acids is 2. The fourth-order valence-electron chi connectivity index (χ4n) is 8.09. The lowest BCUT2D eigenvalue weighted by Gasteiger charge is -2.60. The number of furan rings is 1. The van der Waals surface area contributed by atoms with Crippen LogP contribution in [0.2, 0.25) is 0 Å². The average Bonchev–Trinajstić information content (AvgIpc) is 3.54. The Morgan fingerprint density at radius 2 is 2.03 bits per heavy atom. The Labute approximate surface area is 193 Å². The van der Waals surface area contributed by atoms with Crippen molar-refractivity contribution in [2.24, 2.45) is 28.1 Å². The lowest BCUT2D eigenvalue weighted by molar-refractivity contribution is -0.186. The lowest BCUT2D eigenvalue weighted by Crippen LogP contribution is -2.66. The summed E-state index contributed by atoms with van der Waals surface area (Å²) in [6, 6.07) is 1.95. The van der Waals surface area contributed by atoms with Gasteiger partial charge in [-0.3, -0.25) is 9.59 Å². The first-order valence-electron chi connectivity index (χ1n) is 11.7. The van der Waals surface area contributed by atoms with Crippen LogP contribution in [-0.2, 0) is 23.8 Å². The summed E-state index contributed by atoms with van der Waals surface area (Å²) >= 11 is 0. The second-order valence-corrected chi connectivity index (χ2v) is 11.0. The Morgan fingerprint density at radius 1 is 1.24 bits per heavy atom. The van der Waals surface area contributed by atoms with Gasteiger partial charge in [0.2, 0.25) is 0 Å². The fourth-order valence-corrected chi connectivity index (χ4v) is 8.09. The van der Waals surface area contributed by atoms with Crippen LogP contribution >= 0.6 is 0 Å². The van der Waals surface area contributed by atoms with Crippen LogP contribution in [0.25, 0.3) is 5.57 Å². The molecule has 6 nitrogen and oxygen atoms in total. The molecule has 0 aromatic carbocycles. The van der Waals surface area contributed by atoms with E-state index < -0.39 is 10.8 Å². The van der Waals surface area contributed by atoms with Crippen molar-refractivity contribution in [1.82, 2.24) is 0 Å². The summed E-state index contributed by atoms with van der Waals surface area (Å²) in [7, 11) is 1.41. The third-order valence-corrected chi connectivity index (χ3v) is 9.47. The number of rotatable bonds is 3. The van der Waals surface area contributed by atoms with Gasteiger partial charge in [0.05, 0.1) is 51.0 Å². The van der Waals surface area contributed by atoms with Crippen molar-refractivity contribution in [1.29, 1.82) is 0 Å². The SMILES string of the molecule is COC(=O)C[C@H]1[C@]2(C)C3=C(C)C(c4ccoc4)=C[C@H]3O[C@@H]2[C@@H]2OC[C@]3(C)C=CC(=O)[C@@]1(C)C23. The Hall–Kier alpha value is -2.44. The second kappa shape index (κ2) is 6.57. The molecule has 6 heteroatoms. The molecule has 33 heavy (non-hydrogen) atoms. The van der Waals surface area contributed by atoms with Gasteiger partial charge in [0.15, 0.2) is 5.78 Å². The van der Waals surface area contributed by atoms with Crippen molar-refractivity contribution in [3.63, 3.8) is 0 Å². The molecule has 1 saturated carbocycles. The van der Waals surface area contributed by atoms with E-state index in [9.17, 15) is 9.59 Å². The van der Waals surface area contributed by atoms with Crippen molar-refractivity contribution in [2.75, 3.05) is 13.7 Å². The molecule has 0 amide bonds. The highest BCUT2D eigenvalue weighted by Crippen LogP contribution is 2.71. The molecule has 174 valence electrons. The number of carbonyl (C=O) groups is 2. The summed E-state index contributed by atoms with van der Waals surface area (Å²) in [6.07, 6.45) is 8.76. The molecule has 0 N–H and O–H groups in total. The summed E-state index contributed by atoms with van der Waals surface area (Å²) in [5, 5.41) is 0. The van der Waals surface area contributed by atoms with Crippen LogP contribution in [0, 0.1) is 28.1 Å². The predicted octanol–water partition coefficient (Wildman–Crippen LogP) is 4.13. The van der Waals surface area contributed by atoms with E-state index in [-0.39, 0.29) is 53.7 Å². The molecular formula is C27H30O6. The first-order chi connectivity index (χ1) is 15.7. The largest absolute Gasteiger partial charge is 0.472 e. The summed E-state index contributed by atoms with van der Waals surface area (Å²) in [5.41, 5.74) is 2.76. The molecule has 0 bridgehead atoms. The Kier molecular flexibility index (Phi) is 4.21. The van der Waals surface area contributed by atoms with Crippen molar-refractivity contribution >= 4 is 17.3 Å². The van der Waals surface area contributed by atoms with E-state index in [2.05, 4.69) is 26.8 Å². The summed E-state index contributed by atoms with van der Waals surface area (Å²) in [6.45, 7) is 9.02. The number of methoxy groups -OCH3 is 1. The molecule has 0 radical (unpaired) electrons. The average molecular weight is 451 g/mol. The molecule has 1 aromatic rings. The number of esters is 1. The van der Waals surface area contributed by atoms with Gasteiger partial charge in [-0.25, -0.2) is 0 Å². The minimum atomic E-state index is -0.770. The Balaban J connectivity index is 1.56. The molecule has 6 rings (SSSR count). The molecular weight excluding hydrogens is 420 g/mol. The Morgan fingerprint density at radius 3 is 2.73 bits per heavy atom. The van der Waals surface area contributed by atoms with Gasteiger partial charge < -0.3 is 18.6 Å². The standard InChI is InChI=1S/C27H30O6/c1-14-16(15-7-9-31-12-15)10-17-21(14)27(4)18(11-20(29)30-5)26(3)19(28)6-8-25(2)13-32-22(23(25)26)24(27)33-17/h6-10,12,17-18,22-24H,11,13H2,1-5H3/t17-,18-,22-,23?,24-,25+,26+,27-/m1/s1. The van der Waals surface area contributed by atoms with Crippen molar-refractivity contribution in [3.8, 4) is 0 Å². The van der Waals surface area contributed by atoms with Crippen LogP contribution in [0.3, 0.4) is 0 Å². The number of fused-ring (bicyclic) bond motifs is 4. The molecule has 1 aromatic heterocycles. The van der Waals surface area contributed by atoms with E-state index in [4.69, 9.17) is 18.6 Å². The zero-order valence-corrected chi connectivity index (χ0v) is 19.7. The topological polar surface area (TPSA) is 75.0 Å². The fraction of sp³-hybridized carbons (Fsp3) is 0.556. The molecule has 2 aliphatic heterocycles. The third kappa shape index (κ3) is 2.41. The van der Waals surface area contributed by atoms with Gasteiger partial charge in [0, 0.05) is 27.7 Å². The van der Waals surface area contributed by atoms with E-state index in [0.717, 1.165) is 22.3 Å². The van der Waals surface area contributed by atoms with E-state index in [1.165, 1.54) is 7.11 Å². The zero-order valence-electron chi connectivity index (χ0n) is 19.7. The molecule has 3 heterocycles. The first-order valence-corrected chi connectivity index (χ1v) is 11.7. The number of ketones is 1. The highest BCUT2D eigenvalue weighted by atomic mass is 16.6. The van der Waals surface area contributed by atoms with E-state index in [0.29, 0.717) is 6.61 Å². The number of hydrogen-bond acceptors (Lipinski definition) is 6. The van der Waals surface area contributed by atoms with Crippen LogP contribution in [-0.4, -0.2) is 43.8 Å². The molecule has 1 unspecified atom stereocenters. The lowest BCUT2D eigenvalue weighted by atomic mass is 9.42. The minimum Gasteiger partial charge on any atom is -0.472 e. The van der Waals surface area contributed by atoms with Gasteiger partial charge in [-0.15, -0.1) is 0 Å². The van der Waals surface area contributed by atoms with Crippen LogP contribution in [0.5, 0.6) is 0 Å². The summed E-state index contributed by atoms with van der Waals surface area (Å²) in [4.78, 5) is 26.4. The maximum absolute atomic E-state index is 13.7. The van der Waals surface area contributed by atoms with Crippen LogP contribution < -0.4 is 0 Å². The minimum absolute atomic E-state index is 0.0627. The smallest absolute Gasteiger partial charge is 0.305 e. The monoisotopic (exact) mass is 450 g/mol. The predicted molar refractivity (Wildman–Crippen MR) is 120 cm³/mol. The van der Waals surface area contributed by atoms with Gasteiger partial charge >= 0.3 is 5.97 Å².